The van der Waals surface area contributed by atoms with Crippen molar-refractivity contribution in [2.45, 2.75) is 0 Å². The van der Waals surface area contributed by atoms with Gasteiger partial charge in [-0.25, -0.2) is 4.79 Å². The molecular formula is C14H11BrN2O2. The minimum absolute atomic E-state index is 0.225. The van der Waals surface area contributed by atoms with Gasteiger partial charge in [0.2, 0.25) is 0 Å². The highest BCUT2D eigenvalue weighted by Gasteiger charge is 2.01. The van der Waals surface area contributed by atoms with Crippen molar-refractivity contribution < 1.29 is 9.90 Å². The first-order valence-electron chi connectivity index (χ1n) is 5.53. The van der Waals surface area contributed by atoms with Gasteiger partial charge in [0.05, 0.1) is 17.5 Å². The van der Waals surface area contributed by atoms with Gasteiger partial charge >= 0.3 is 5.97 Å². The van der Waals surface area contributed by atoms with Crippen molar-refractivity contribution in [2.75, 3.05) is 5.43 Å². The number of hydrogen-bond acceptors (Lipinski definition) is 3. The lowest BCUT2D eigenvalue weighted by molar-refractivity contribution is 0.0697. The standard InChI is InChI=1S/C14H11BrN2O2/c15-12-5-1-3-10(7-12)9-16-17-13-6-2-4-11(8-13)14(18)19/h1-9,17H,(H,18,19)/b16-9-. The Morgan fingerprint density at radius 1 is 1.21 bits per heavy atom. The first-order chi connectivity index (χ1) is 9.15. The van der Waals surface area contributed by atoms with Crippen LogP contribution in [-0.2, 0) is 0 Å². The van der Waals surface area contributed by atoms with Crippen molar-refractivity contribution >= 4 is 33.8 Å². The molecule has 2 N–H and O–H groups in total. The summed E-state index contributed by atoms with van der Waals surface area (Å²) in [7, 11) is 0. The summed E-state index contributed by atoms with van der Waals surface area (Å²) in [6, 6.07) is 14.2. The molecule has 2 aromatic carbocycles. The van der Waals surface area contributed by atoms with E-state index in [0.717, 1.165) is 10.0 Å². The van der Waals surface area contributed by atoms with E-state index in [9.17, 15) is 4.79 Å². The van der Waals surface area contributed by atoms with E-state index in [1.807, 2.05) is 24.3 Å². The second-order valence-electron chi connectivity index (χ2n) is 3.81. The molecule has 19 heavy (non-hydrogen) atoms. The molecule has 0 saturated heterocycles. The largest absolute Gasteiger partial charge is 0.478 e. The van der Waals surface area contributed by atoms with Gasteiger partial charge in [-0.15, -0.1) is 0 Å². The third kappa shape index (κ3) is 3.93. The zero-order valence-electron chi connectivity index (χ0n) is 9.88. The molecule has 0 saturated carbocycles. The van der Waals surface area contributed by atoms with Crippen LogP contribution in [0.4, 0.5) is 5.69 Å². The molecule has 0 radical (unpaired) electrons. The quantitative estimate of drug-likeness (QED) is 0.669. The fraction of sp³-hybridized carbons (Fsp3) is 0. The Morgan fingerprint density at radius 3 is 2.74 bits per heavy atom. The summed E-state index contributed by atoms with van der Waals surface area (Å²) >= 11 is 3.38. The molecule has 5 heteroatoms. The predicted molar refractivity (Wildman–Crippen MR) is 78.8 cm³/mol. The van der Waals surface area contributed by atoms with E-state index in [2.05, 4.69) is 26.5 Å². The normalized spacial score (nSPS) is 10.6. The number of halogens is 1. The van der Waals surface area contributed by atoms with E-state index in [4.69, 9.17) is 5.11 Å². The number of nitrogens with zero attached hydrogens (tertiary/aromatic N) is 1. The molecule has 0 unspecified atom stereocenters. The number of hydrazone groups is 1. The predicted octanol–water partition coefficient (Wildman–Crippen LogP) is 3.59. The molecule has 0 fully saturated rings. The summed E-state index contributed by atoms with van der Waals surface area (Å²) in [5, 5.41) is 12.9. The average molecular weight is 319 g/mol. The Hall–Kier alpha value is -2.14. The maximum Gasteiger partial charge on any atom is 0.335 e. The van der Waals surface area contributed by atoms with Crippen molar-refractivity contribution in [3.05, 3.63) is 64.1 Å². The van der Waals surface area contributed by atoms with Crippen molar-refractivity contribution in [3.63, 3.8) is 0 Å². The number of carbonyl (C=O) groups is 1. The maximum atomic E-state index is 10.8. The molecule has 0 spiro atoms. The molecule has 96 valence electrons. The van der Waals surface area contributed by atoms with Crippen molar-refractivity contribution in [1.82, 2.24) is 0 Å². The molecular weight excluding hydrogens is 308 g/mol. The maximum absolute atomic E-state index is 10.8. The number of anilines is 1. The number of nitrogens with one attached hydrogen (secondary N) is 1. The lowest BCUT2D eigenvalue weighted by Crippen LogP contribution is -1.97. The molecule has 0 aliphatic carbocycles. The van der Waals surface area contributed by atoms with Crippen molar-refractivity contribution in [1.29, 1.82) is 0 Å². The minimum Gasteiger partial charge on any atom is -0.478 e. The summed E-state index contributed by atoms with van der Waals surface area (Å²) in [4.78, 5) is 10.8. The number of aromatic carboxylic acids is 1. The van der Waals surface area contributed by atoms with Gasteiger partial charge in [-0.2, -0.15) is 5.10 Å². The zero-order valence-corrected chi connectivity index (χ0v) is 11.5. The van der Waals surface area contributed by atoms with E-state index >= 15 is 0 Å². The Morgan fingerprint density at radius 2 is 2.00 bits per heavy atom. The van der Waals surface area contributed by atoms with Crippen LogP contribution < -0.4 is 5.43 Å². The van der Waals surface area contributed by atoms with Gasteiger partial charge in [0.15, 0.2) is 0 Å². The highest BCUT2D eigenvalue weighted by atomic mass is 79.9. The van der Waals surface area contributed by atoms with E-state index < -0.39 is 5.97 Å². The van der Waals surface area contributed by atoms with Crippen molar-refractivity contribution in [2.24, 2.45) is 5.10 Å². The van der Waals surface area contributed by atoms with Crippen LogP contribution in [-0.4, -0.2) is 17.3 Å². The van der Waals surface area contributed by atoms with Gasteiger partial charge in [-0.3, -0.25) is 5.43 Å². The third-order valence-electron chi connectivity index (χ3n) is 2.37. The highest BCUT2D eigenvalue weighted by molar-refractivity contribution is 9.10. The van der Waals surface area contributed by atoms with Crippen LogP contribution in [0, 0.1) is 0 Å². The Labute approximate surface area is 118 Å². The first-order valence-corrected chi connectivity index (χ1v) is 6.32. The van der Waals surface area contributed by atoms with Crippen LogP contribution in [0.1, 0.15) is 15.9 Å². The number of hydrogen-bond donors (Lipinski definition) is 2. The van der Waals surface area contributed by atoms with Crippen LogP contribution in [0.2, 0.25) is 0 Å². The van der Waals surface area contributed by atoms with Gasteiger partial charge in [-0.05, 0) is 35.9 Å². The zero-order chi connectivity index (χ0) is 13.7. The highest BCUT2D eigenvalue weighted by Crippen LogP contribution is 2.12. The second kappa shape index (κ2) is 6.15. The lowest BCUT2D eigenvalue weighted by atomic mass is 10.2. The van der Waals surface area contributed by atoms with E-state index in [1.165, 1.54) is 12.1 Å². The molecule has 0 heterocycles. The molecule has 0 aromatic heterocycles. The van der Waals surface area contributed by atoms with E-state index in [0.29, 0.717) is 5.69 Å². The van der Waals surface area contributed by atoms with Crippen LogP contribution >= 0.6 is 15.9 Å². The Balaban J connectivity index is 2.06. The third-order valence-corrected chi connectivity index (χ3v) is 2.86. The van der Waals surface area contributed by atoms with Gasteiger partial charge in [0.1, 0.15) is 0 Å². The summed E-state index contributed by atoms with van der Waals surface area (Å²) < 4.78 is 0.976. The van der Waals surface area contributed by atoms with Gasteiger partial charge in [-0.1, -0.05) is 34.1 Å². The summed E-state index contributed by atoms with van der Waals surface area (Å²) in [5.74, 6) is -0.959. The molecule has 0 bridgehead atoms. The molecule has 0 atom stereocenters. The average Bonchev–Trinajstić information content (AvgIpc) is 2.39. The molecule has 4 nitrogen and oxygen atoms in total. The van der Waals surface area contributed by atoms with Gasteiger partial charge in [0.25, 0.3) is 0 Å². The van der Waals surface area contributed by atoms with Crippen LogP contribution in [0.3, 0.4) is 0 Å². The molecule has 0 amide bonds. The number of carboxylic acid groups (broad SMARTS) is 1. The topological polar surface area (TPSA) is 61.7 Å². The second-order valence-corrected chi connectivity index (χ2v) is 4.73. The fourth-order valence-electron chi connectivity index (χ4n) is 1.49. The summed E-state index contributed by atoms with van der Waals surface area (Å²) in [5.41, 5.74) is 4.60. The molecule has 0 aliphatic rings. The minimum atomic E-state index is -0.959. The van der Waals surface area contributed by atoms with Crippen LogP contribution in [0.25, 0.3) is 0 Å². The molecule has 2 rings (SSSR count). The smallest absolute Gasteiger partial charge is 0.335 e. The fourth-order valence-corrected chi connectivity index (χ4v) is 1.91. The van der Waals surface area contributed by atoms with Gasteiger partial charge in [0, 0.05) is 4.47 Å². The van der Waals surface area contributed by atoms with E-state index in [-0.39, 0.29) is 5.56 Å². The number of carboxylic acids is 1. The summed E-state index contributed by atoms with van der Waals surface area (Å²) in [6.07, 6.45) is 1.66. The van der Waals surface area contributed by atoms with Crippen molar-refractivity contribution in [3.8, 4) is 0 Å². The SMILES string of the molecule is O=C(O)c1cccc(N/N=C\c2cccc(Br)c2)c1. The molecule has 0 aliphatic heterocycles. The summed E-state index contributed by atoms with van der Waals surface area (Å²) in [6.45, 7) is 0. The Bertz CT molecular complexity index is 626. The number of benzene rings is 2. The van der Waals surface area contributed by atoms with Gasteiger partial charge < -0.3 is 5.11 Å². The Kier molecular flexibility index (Phi) is 4.30. The molecule has 2 aromatic rings. The van der Waals surface area contributed by atoms with Crippen LogP contribution in [0.15, 0.2) is 58.1 Å². The van der Waals surface area contributed by atoms with Crippen LogP contribution in [0.5, 0.6) is 0 Å². The first kappa shape index (κ1) is 13.3. The monoisotopic (exact) mass is 318 g/mol. The van der Waals surface area contributed by atoms with E-state index in [1.54, 1.807) is 18.3 Å². The lowest BCUT2D eigenvalue weighted by Gasteiger charge is -2.01. The number of rotatable bonds is 4.